The molecule has 1 aromatic heterocycles. The van der Waals surface area contributed by atoms with E-state index in [-0.39, 0.29) is 0 Å². The molecule has 3 aliphatic rings. The van der Waals surface area contributed by atoms with Gasteiger partial charge in [0.1, 0.15) is 0 Å². The van der Waals surface area contributed by atoms with Crippen molar-refractivity contribution in [2.24, 2.45) is 4.99 Å². The van der Waals surface area contributed by atoms with Gasteiger partial charge < -0.3 is 5.32 Å². The Hall–Kier alpha value is -3.01. The van der Waals surface area contributed by atoms with Crippen molar-refractivity contribution in [2.45, 2.75) is 57.5 Å². The number of rotatable bonds is 3. The van der Waals surface area contributed by atoms with Gasteiger partial charge in [0, 0.05) is 28.9 Å². The molecule has 5 rings (SSSR count). The van der Waals surface area contributed by atoms with Gasteiger partial charge in [0.25, 0.3) is 0 Å². The number of anilines is 1. The molecule has 152 valence electrons. The van der Waals surface area contributed by atoms with E-state index in [0.29, 0.717) is 12.6 Å². The van der Waals surface area contributed by atoms with Crippen LogP contribution in [0.4, 0.5) is 5.95 Å². The topological polar surface area (TPSA) is 50.2 Å². The van der Waals surface area contributed by atoms with Crippen molar-refractivity contribution in [3.05, 3.63) is 77.5 Å². The first kappa shape index (κ1) is 19.0. The highest BCUT2D eigenvalue weighted by atomic mass is 15.1. The van der Waals surface area contributed by atoms with Crippen LogP contribution in [0.5, 0.6) is 0 Å². The first-order valence-corrected chi connectivity index (χ1v) is 11.2. The van der Waals surface area contributed by atoms with Gasteiger partial charge in [0.15, 0.2) is 0 Å². The quantitative estimate of drug-likeness (QED) is 0.645. The van der Waals surface area contributed by atoms with Crippen LogP contribution in [0.15, 0.2) is 71.4 Å². The van der Waals surface area contributed by atoms with Crippen LogP contribution < -0.4 is 5.32 Å². The minimum atomic E-state index is 0.478. The van der Waals surface area contributed by atoms with Crippen molar-refractivity contribution < 1.29 is 0 Å². The molecule has 1 aliphatic heterocycles. The third-order valence-electron chi connectivity index (χ3n) is 6.15. The van der Waals surface area contributed by atoms with Crippen LogP contribution in [0.25, 0.3) is 11.3 Å². The molecule has 2 aromatic rings. The van der Waals surface area contributed by atoms with Crippen LogP contribution in [0.1, 0.15) is 56.1 Å². The van der Waals surface area contributed by atoms with Gasteiger partial charge in [0.05, 0.1) is 18.0 Å². The molecule has 0 saturated heterocycles. The molecule has 4 nitrogen and oxygen atoms in total. The number of nitrogens with one attached hydrogen (secondary N) is 1. The number of hydrogen-bond acceptors (Lipinski definition) is 4. The number of aromatic nitrogens is 2. The molecule has 0 atom stereocenters. The maximum Gasteiger partial charge on any atom is 0.223 e. The predicted octanol–water partition coefficient (Wildman–Crippen LogP) is 6.02. The zero-order chi connectivity index (χ0) is 20.2. The smallest absolute Gasteiger partial charge is 0.223 e. The molecular formula is C26H28N4. The molecule has 4 heteroatoms. The second-order valence-electron chi connectivity index (χ2n) is 8.30. The molecule has 2 heterocycles. The highest BCUT2D eigenvalue weighted by Gasteiger charge is 2.22. The van der Waals surface area contributed by atoms with Gasteiger partial charge in [-0.3, -0.25) is 4.99 Å². The van der Waals surface area contributed by atoms with Crippen LogP contribution >= 0.6 is 0 Å². The lowest BCUT2D eigenvalue weighted by Crippen LogP contribution is -2.20. The molecule has 0 spiro atoms. The first-order valence-electron chi connectivity index (χ1n) is 11.2. The van der Waals surface area contributed by atoms with Crippen molar-refractivity contribution in [1.29, 1.82) is 0 Å². The molecule has 0 unspecified atom stereocenters. The molecule has 1 aromatic carbocycles. The van der Waals surface area contributed by atoms with E-state index >= 15 is 0 Å². The van der Waals surface area contributed by atoms with Crippen molar-refractivity contribution in [3.8, 4) is 11.3 Å². The van der Waals surface area contributed by atoms with Crippen LogP contribution in [0, 0.1) is 0 Å². The molecule has 1 N–H and O–H groups in total. The van der Waals surface area contributed by atoms with Gasteiger partial charge in [0.2, 0.25) is 5.95 Å². The average molecular weight is 397 g/mol. The summed E-state index contributed by atoms with van der Waals surface area (Å²) in [5, 5.41) is 3.61. The molecule has 30 heavy (non-hydrogen) atoms. The number of fused-ring (bicyclic) bond motifs is 3. The van der Waals surface area contributed by atoms with E-state index in [2.05, 4.69) is 64.9 Å². The summed E-state index contributed by atoms with van der Waals surface area (Å²) in [6.07, 6.45) is 21.4. The number of benzene rings is 1. The monoisotopic (exact) mass is 396 g/mol. The third-order valence-corrected chi connectivity index (χ3v) is 6.15. The average Bonchev–Trinajstić information content (AvgIpc) is 3.25. The first-order chi connectivity index (χ1) is 14.9. The highest BCUT2D eigenvalue weighted by Crippen LogP contribution is 2.32. The van der Waals surface area contributed by atoms with E-state index in [0.717, 1.165) is 46.0 Å². The van der Waals surface area contributed by atoms with Crippen molar-refractivity contribution in [2.75, 3.05) is 5.32 Å². The summed E-state index contributed by atoms with van der Waals surface area (Å²) in [5.74, 6) is 0.746. The summed E-state index contributed by atoms with van der Waals surface area (Å²) in [7, 11) is 0. The Balaban J connectivity index is 1.52. The van der Waals surface area contributed by atoms with Gasteiger partial charge in [-0.2, -0.15) is 0 Å². The van der Waals surface area contributed by atoms with Gasteiger partial charge in [-0.05, 0) is 24.8 Å². The molecule has 0 amide bonds. The molecule has 0 bridgehead atoms. The van der Waals surface area contributed by atoms with Crippen LogP contribution in [0.3, 0.4) is 0 Å². The lowest BCUT2D eigenvalue weighted by atomic mass is 9.95. The summed E-state index contributed by atoms with van der Waals surface area (Å²) in [6, 6.07) is 8.97. The maximum absolute atomic E-state index is 4.99. The number of hydrogen-bond donors (Lipinski definition) is 1. The van der Waals surface area contributed by atoms with E-state index in [1.54, 1.807) is 0 Å². The zero-order valence-electron chi connectivity index (χ0n) is 17.3. The Kier molecular flexibility index (Phi) is 5.56. The standard InChI is InChI=1S/C26H28N4/c1-2-6-12-19(11-5-1)24-22-15-9-10-16-23(22)25-20(17-27-24)18-28-26(30-25)29-21-13-7-3-4-8-14-21/h1,5-6,9-12,15-16,18,21H,2-4,7-8,13-14,17H2,(H,28,29,30). The number of aliphatic imine (C=N–C) groups is 1. The van der Waals surface area contributed by atoms with E-state index in [9.17, 15) is 0 Å². The molecule has 1 saturated carbocycles. The second-order valence-corrected chi connectivity index (χ2v) is 8.30. The summed E-state index contributed by atoms with van der Waals surface area (Å²) in [5.41, 5.74) is 6.54. The Morgan fingerprint density at radius 1 is 0.933 bits per heavy atom. The number of allylic oxidation sites excluding steroid dienone is 6. The Bertz CT molecular complexity index is 1040. The second kappa shape index (κ2) is 8.78. The number of nitrogens with zero attached hydrogens (tertiary/aromatic N) is 3. The molecule has 0 radical (unpaired) electrons. The largest absolute Gasteiger partial charge is 0.351 e. The van der Waals surface area contributed by atoms with Gasteiger partial charge in [-0.25, -0.2) is 9.97 Å². The summed E-state index contributed by atoms with van der Waals surface area (Å²) in [4.78, 5) is 14.6. The van der Waals surface area contributed by atoms with Crippen LogP contribution in [0.2, 0.25) is 0 Å². The summed E-state index contributed by atoms with van der Waals surface area (Å²) >= 11 is 0. The fourth-order valence-electron chi connectivity index (χ4n) is 4.56. The van der Waals surface area contributed by atoms with Crippen molar-refractivity contribution in [1.82, 2.24) is 9.97 Å². The third kappa shape index (κ3) is 4.00. The molecule has 1 fully saturated rings. The van der Waals surface area contributed by atoms with Gasteiger partial charge >= 0.3 is 0 Å². The molecular weight excluding hydrogens is 368 g/mol. The van der Waals surface area contributed by atoms with E-state index in [1.807, 2.05) is 6.20 Å². The normalized spacial score (nSPS) is 18.9. The van der Waals surface area contributed by atoms with Gasteiger partial charge in [-0.1, -0.05) is 80.3 Å². The van der Waals surface area contributed by atoms with Crippen molar-refractivity contribution in [3.63, 3.8) is 0 Å². The van der Waals surface area contributed by atoms with E-state index < -0.39 is 0 Å². The lowest BCUT2D eigenvalue weighted by molar-refractivity contribution is 0.615. The fraction of sp³-hybridized carbons (Fsp3) is 0.346. The van der Waals surface area contributed by atoms with E-state index in [4.69, 9.17) is 9.98 Å². The minimum absolute atomic E-state index is 0.478. The van der Waals surface area contributed by atoms with Gasteiger partial charge in [-0.15, -0.1) is 0 Å². The fourth-order valence-corrected chi connectivity index (χ4v) is 4.56. The Morgan fingerprint density at radius 3 is 2.63 bits per heavy atom. The minimum Gasteiger partial charge on any atom is -0.351 e. The lowest BCUT2D eigenvalue weighted by Gasteiger charge is -2.17. The zero-order valence-corrected chi connectivity index (χ0v) is 17.3. The van der Waals surface area contributed by atoms with E-state index in [1.165, 1.54) is 38.5 Å². The highest BCUT2D eigenvalue weighted by molar-refractivity contribution is 6.18. The molecule has 2 aliphatic carbocycles. The van der Waals surface area contributed by atoms with Crippen molar-refractivity contribution >= 4 is 11.7 Å². The predicted molar refractivity (Wildman–Crippen MR) is 124 cm³/mol. The summed E-state index contributed by atoms with van der Waals surface area (Å²) in [6.45, 7) is 0.595. The van der Waals surface area contributed by atoms with Crippen LogP contribution in [-0.2, 0) is 6.54 Å². The SMILES string of the molecule is C1=CCC=CC(C2=NCc3cnc(NC4CCCCCC4)nc3-c3ccccc32)=C1. The summed E-state index contributed by atoms with van der Waals surface area (Å²) < 4.78 is 0. The maximum atomic E-state index is 4.99. The Labute approximate surface area is 178 Å². The Morgan fingerprint density at radius 2 is 1.77 bits per heavy atom. The van der Waals surface area contributed by atoms with Crippen LogP contribution in [-0.4, -0.2) is 21.7 Å².